The van der Waals surface area contributed by atoms with Gasteiger partial charge in [0.15, 0.2) is 5.96 Å². The van der Waals surface area contributed by atoms with Gasteiger partial charge in [-0.15, -0.1) is 24.0 Å². The van der Waals surface area contributed by atoms with E-state index in [0.717, 1.165) is 71.2 Å². The number of nitrogens with one attached hydrogen (secondary N) is 2. The lowest BCUT2D eigenvalue weighted by Crippen LogP contribution is -2.48. The van der Waals surface area contributed by atoms with Gasteiger partial charge in [-0.1, -0.05) is 13.8 Å². The fraction of sp³-hybridized carbons (Fsp3) is 0.895. The zero-order valence-corrected chi connectivity index (χ0v) is 19.7. The van der Waals surface area contributed by atoms with Gasteiger partial charge in [0.25, 0.3) is 0 Å². The molecule has 0 aliphatic carbocycles. The molecule has 27 heavy (non-hydrogen) atoms. The Morgan fingerprint density at radius 1 is 1.00 bits per heavy atom. The van der Waals surface area contributed by atoms with E-state index in [4.69, 9.17) is 0 Å². The monoisotopic (exact) mass is 494 g/mol. The van der Waals surface area contributed by atoms with Crippen molar-refractivity contribution in [2.45, 2.75) is 33.6 Å². The van der Waals surface area contributed by atoms with E-state index in [2.05, 4.69) is 46.2 Å². The molecule has 0 aromatic carbocycles. The molecular formula is C19H39IN6O. The molecule has 2 heterocycles. The largest absolute Gasteiger partial charge is 0.357 e. The number of halogens is 1. The normalized spacial score (nSPS) is 20.3. The summed E-state index contributed by atoms with van der Waals surface area (Å²) in [6.45, 7) is 17.2. The molecule has 2 N–H and O–H groups in total. The molecule has 7 nitrogen and oxygen atoms in total. The topological polar surface area (TPSA) is 63.2 Å². The summed E-state index contributed by atoms with van der Waals surface area (Å²) in [4.78, 5) is 23.6. The van der Waals surface area contributed by atoms with Gasteiger partial charge in [0.05, 0.1) is 0 Å². The van der Waals surface area contributed by atoms with Gasteiger partial charge in [-0.3, -0.25) is 4.79 Å². The highest BCUT2D eigenvalue weighted by atomic mass is 127. The number of aliphatic imine (C=N–C) groups is 1. The summed E-state index contributed by atoms with van der Waals surface area (Å²) in [7, 11) is 0. The highest BCUT2D eigenvalue weighted by Gasteiger charge is 2.18. The number of nitrogens with zero attached hydrogens (tertiary/aromatic N) is 4. The highest BCUT2D eigenvalue weighted by molar-refractivity contribution is 14.0. The van der Waals surface area contributed by atoms with Gasteiger partial charge < -0.3 is 25.3 Å². The Balaban J connectivity index is 0.00000364. The molecule has 0 aromatic rings. The fourth-order valence-electron chi connectivity index (χ4n) is 3.62. The van der Waals surface area contributed by atoms with Crippen LogP contribution in [0.2, 0.25) is 0 Å². The van der Waals surface area contributed by atoms with Crippen LogP contribution in [0.4, 0.5) is 0 Å². The summed E-state index contributed by atoms with van der Waals surface area (Å²) in [6.07, 6.45) is 2.25. The van der Waals surface area contributed by atoms with Gasteiger partial charge in [-0.25, -0.2) is 4.99 Å². The first-order valence-corrected chi connectivity index (χ1v) is 10.4. The maximum atomic E-state index is 12.2. The Morgan fingerprint density at radius 2 is 1.63 bits per heavy atom. The van der Waals surface area contributed by atoms with E-state index in [0.29, 0.717) is 5.92 Å². The molecule has 1 unspecified atom stereocenters. The zero-order chi connectivity index (χ0) is 18.8. The maximum Gasteiger partial charge on any atom is 0.244 e. The number of likely N-dealkylation sites (tertiary alicyclic amines) is 1. The van der Waals surface area contributed by atoms with Crippen LogP contribution in [0.15, 0.2) is 4.99 Å². The van der Waals surface area contributed by atoms with Gasteiger partial charge in [0.2, 0.25) is 5.91 Å². The molecule has 0 bridgehead atoms. The smallest absolute Gasteiger partial charge is 0.244 e. The lowest BCUT2D eigenvalue weighted by Gasteiger charge is -2.35. The van der Waals surface area contributed by atoms with Crippen LogP contribution in [0.25, 0.3) is 0 Å². The molecule has 0 spiro atoms. The highest BCUT2D eigenvalue weighted by Crippen LogP contribution is 2.07. The van der Waals surface area contributed by atoms with Gasteiger partial charge in [-0.2, -0.15) is 0 Å². The van der Waals surface area contributed by atoms with Crippen LogP contribution in [-0.2, 0) is 4.79 Å². The van der Waals surface area contributed by atoms with Crippen LogP contribution in [0, 0.1) is 5.92 Å². The second-order valence-electron chi connectivity index (χ2n) is 7.50. The van der Waals surface area contributed by atoms with Crippen LogP contribution in [0.5, 0.6) is 0 Å². The van der Waals surface area contributed by atoms with Crippen LogP contribution in [-0.4, -0.2) is 98.6 Å². The molecule has 2 rings (SSSR count). The van der Waals surface area contributed by atoms with E-state index in [1.54, 1.807) is 0 Å². The second-order valence-corrected chi connectivity index (χ2v) is 7.50. The number of rotatable bonds is 8. The number of piperazine rings is 1. The molecule has 0 radical (unpaired) electrons. The third-order valence-electron chi connectivity index (χ3n) is 5.28. The average molecular weight is 494 g/mol. The van der Waals surface area contributed by atoms with E-state index in [-0.39, 0.29) is 36.4 Å². The Morgan fingerprint density at radius 3 is 2.22 bits per heavy atom. The molecule has 2 fully saturated rings. The van der Waals surface area contributed by atoms with E-state index in [1.165, 1.54) is 13.1 Å². The first-order chi connectivity index (χ1) is 12.6. The predicted octanol–water partition coefficient (Wildman–Crippen LogP) is 1.06. The van der Waals surface area contributed by atoms with Crippen molar-refractivity contribution in [2.24, 2.45) is 10.9 Å². The number of carbonyl (C=O) groups is 1. The Hall–Kier alpha value is -0.610. The van der Waals surface area contributed by atoms with Crippen LogP contribution >= 0.6 is 24.0 Å². The average Bonchev–Trinajstić information content (AvgIpc) is 3.19. The molecule has 8 heteroatoms. The van der Waals surface area contributed by atoms with E-state index < -0.39 is 0 Å². The third-order valence-corrected chi connectivity index (χ3v) is 5.28. The Labute approximate surface area is 182 Å². The number of hydrogen-bond donors (Lipinski definition) is 2. The third kappa shape index (κ3) is 8.95. The minimum atomic E-state index is 0. The molecule has 2 aliphatic heterocycles. The summed E-state index contributed by atoms with van der Waals surface area (Å²) >= 11 is 0. The first kappa shape index (κ1) is 24.4. The molecule has 1 atom stereocenters. The molecule has 2 saturated heterocycles. The number of amides is 1. The van der Waals surface area contributed by atoms with Crippen LogP contribution in [0.1, 0.15) is 33.6 Å². The lowest BCUT2D eigenvalue weighted by molar-refractivity contribution is -0.128. The van der Waals surface area contributed by atoms with Crippen molar-refractivity contribution in [2.75, 3.05) is 72.0 Å². The molecule has 2 aliphatic rings. The van der Waals surface area contributed by atoms with E-state index >= 15 is 0 Å². The zero-order valence-electron chi connectivity index (χ0n) is 17.4. The van der Waals surface area contributed by atoms with Crippen LogP contribution < -0.4 is 10.6 Å². The number of carbonyl (C=O) groups excluding carboxylic acids is 1. The van der Waals surface area contributed by atoms with Crippen molar-refractivity contribution < 1.29 is 4.79 Å². The minimum absolute atomic E-state index is 0. The van der Waals surface area contributed by atoms with Crippen molar-refractivity contribution in [1.82, 2.24) is 25.3 Å². The summed E-state index contributed by atoms with van der Waals surface area (Å²) in [6, 6.07) is 0. The summed E-state index contributed by atoms with van der Waals surface area (Å²) < 4.78 is 0. The van der Waals surface area contributed by atoms with Crippen molar-refractivity contribution in [3.63, 3.8) is 0 Å². The number of guanidine groups is 1. The quantitative estimate of drug-likeness (QED) is 0.300. The first-order valence-electron chi connectivity index (χ1n) is 10.4. The molecule has 158 valence electrons. The minimum Gasteiger partial charge on any atom is -0.357 e. The predicted molar refractivity (Wildman–Crippen MR) is 123 cm³/mol. The number of likely N-dealkylation sites (N-methyl/N-ethyl adjacent to an activating group) is 1. The van der Waals surface area contributed by atoms with Crippen molar-refractivity contribution in [3.05, 3.63) is 0 Å². The summed E-state index contributed by atoms with van der Waals surface area (Å²) in [5, 5.41) is 6.66. The maximum absolute atomic E-state index is 12.2. The van der Waals surface area contributed by atoms with E-state index in [9.17, 15) is 4.79 Å². The van der Waals surface area contributed by atoms with Gasteiger partial charge in [-0.05, 0) is 32.2 Å². The van der Waals surface area contributed by atoms with Gasteiger partial charge in [0.1, 0.15) is 6.54 Å². The Kier molecular flexibility index (Phi) is 12.3. The summed E-state index contributed by atoms with van der Waals surface area (Å²) in [5.74, 6) is 1.44. The van der Waals surface area contributed by atoms with E-state index in [1.807, 2.05) is 4.90 Å². The standard InChI is InChI=1S/C19H38N6O.HI/c1-4-20-19(22-15-18(26)25-8-6-7-9-25)21-14-17(3)16-24-12-10-23(5-2)11-13-24;/h17H,4-16H2,1-3H3,(H2,20,21,22);1H. The van der Waals surface area contributed by atoms with Crippen molar-refractivity contribution >= 4 is 35.8 Å². The van der Waals surface area contributed by atoms with Gasteiger partial charge in [0, 0.05) is 58.9 Å². The summed E-state index contributed by atoms with van der Waals surface area (Å²) in [5.41, 5.74) is 0. The number of hydrogen-bond acceptors (Lipinski definition) is 4. The van der Waals surface area contributed by atoms with Gasteiger partial charge >= 0.3 is 0 Å². The molecule has 0 aromatic heterocycles. The molecule has 1 amide bonds. The van der Waals surface area contributed by atoms with Crippen LogP contribution in [0.3, 0.4) is 0 Å². The molecular weight excluding hydrogens is 455 g/mol. The molecule has 0 saturated carbocycles. The lowest BCUT2D eigenvalue weighted by atomic mass is 10.1. The van der Waals surface area contributed by atoms with Crippen molar-refractivity contribution in [3.8, 4) is 0 Å². The Bertz CT molecular complexity index is 447. The SMILES string of the molecule is CCNC(=NCC(=O)N1CCCC1)NCC(C)CN1CCN(CC)CC1.I. The fourth-order valence-corrected chi connectivity index (χ4v) is 3.62. The second kappa shape index (κ2) is 13.5. The van der Waals surface area contributed by atoms with Crippen molar-refractivity contribution in [1.29, 1.82) is 0 Å².